The van der Waals surface area contributed by atoms with Gasteiger partial charge < -0.3 is 11.1 Å². The number of carbonyl (C=O) groups excluding carboxylic acids is 1. The summed E-state index contributed by atoms with van der Waals surface area (Å²) in [5, 5.41) is 9.68. The fraction of sp³-hybridized carbons (Fsp3) is 0.176. The molecule has 2 aromatic heterocycles. The summed E-state index contributed by atoms with van der Waals surface area (Å²) in [6, 6.07) is 11.3. The Labute approximate surface area is 148 Å². The summed E-state index contributed by atoms with van der Waals surface area (Å²) in [7, 11) is 0. The van der Waals surface area contributed by atoms with Crippen LogP contribution in [0.3, 0.4) is 0 Å². The number of aryl methyl sites for hydroxylation is 1. The van der Waals surface area contributed by atoms with Crippen LogP contribution in [0.15, 0.2) is 42.6 Å². The van der Waals surface area contributed by atoms with Crippen LogP contribution in [0.2, 0.25) is 4.34 Å². The number of benzene rings is 1. The smallest absolute Gasteiger partial charge is 0.255 e. The van der Waals surface area contributed by atoms with Gasteiger partial charge in [0.1, 0.15) is 0 Å². The lowest BCUT2D eigenvalue weighted by Gasteiger charge is -2.13. The average molecular weight is 361 g/mol. The molecular formula is C17H17ClN4OS. The van der Waals surface area contributed by atoms with Crippen molar-refractivity contribution in [2.45, 2.75) is 13.0 Å². The van der Waals surface area contributed by atoms with Gasteiger partial charge in [0.15, 0.2) is 0 Å². The Morgan fingerprint density at radius 2 is 2.08 bits per heavy atom. The van der Waals surface area contributed by atoms with E-state index in [4.69, 9.17) is 17.3 Å². The molecule has 5 nitrogen and oxygen atoms in total. The third-order valence-corrected chi connectivity index (χ3v) is 4.94. The van der Waals surface area contributed by atoms with E-state index in [-0.39, 0.29) is 11.9 Å². The number of hydrogen-bond donors (Lipinski definition) is 3. The van der Waals surface area contributed by atoms with E-state index in [0.29, 0.717) is 22.1 Å². The van der Waals surface area contributed by atoms with Crippen LogP contribution in [-0.4, -0.2) is 22.6 Å². The molecule has 4 N–H and O–H groups in total. The molecular weight excluding hydrogens is 344 g/mol. The molecule has 0 bridgehead atoms. The van der Waals surface area contributed by atoms with Gasteiger partial charge in [0.2, 0.25) is 0 Å². The quantitative estimate of drug-likeness (QED) is 0.650. The maximum atomic E-state index is 12.4. The van der Waals surface area contributed by atoms with Crippen LogP contribution in [-0.2, 0) is 0 Å². The molecule has 1 atom stereocenters. The Morgan fingerprint density at radius 3 is 2.75 bits per heavy atom. The second-order valence-electron chi connectivity index (χ2n) is 5.49. The van der Waals surface area contributed by atoms with Gasteiger partial charge in [0, 0.05) is 12.6 Å². The second kappa shape index (κ2) is 7.17. The van der Waals surface area contributed by atoms with Gasteiger partial charge in [-0.25, -0.2) is 0 Å². The third-order valence-electron chi connectivity index (χ3n) is 3.69. The van der Waals surface area contributed by atoms with E-state index >= 15 is 0 Å². The van der Waals surface area contributed by atoms with Crippen molar-refractivity contribution in [1.29, 1.82) is 0 Å². The number of H-pyrrole nitrogens is 1. The van der Waals surface area contributed by atoms with E-state index in [1.165, 1.54) is 23.1 Å². The molecule has 0 spiro atoms. The van der Waals surface area contributed by atoms with E-state index < -0.39 is 0 Å². The number of hydrogen-bond acceptors (Lipinski definition) is 4. The fourth-order valence-corrected chi connectivity index (χ4v) is 3.38. The number of carbonyl (C=O) groups is 1. The van der Waals surface area contributed by atoms with E-state index in [9.17, 15) is 4.79 Å². The van der Waals surface area contributed by atoms with Crippen molar-refractivity contribution in [2.75, 3.05) is 6.54 Å². The van der Waals surface area contributed by atoms with Crippen LogP contribution < -0.4 is 11.1 Å². The highest BCUT2D eigenvalue weighted by Gasteiger charge is 2.17. The molecule has 2 heterocycles. The number of nitrogens with one attached hydrogen (secondary N) is 2. The van der Waals surface area contributed by atoms with Gasteiger partial charge in [-0.2, -0.15) is 5.10 Å². The lowest BCUT2D eigenvalue weighted by molar-refractivity contribution is 0.0952. The van der Waals surface area contributed by atoms with E-state index in [1.807, 2.05) is 37.3 Å². The summed E-state index contributed by atoms with van der Waals surface area (Å²) < 4.78 is 0.660. The van der Waals surface area contributed by atoms with E-state index in [0.717, 1.165) is 10.4 Å². The van der Waals surface area contributed by atoms with Crippen molar-refractivity contribution in [3.63, 3.8) is 0 Å². The fourth-order valence-electron chi connectivity index (χ4n) is 2.32. The minimum atomic E-state index is -0.263. The van der Waals surface area contributed by atoms with Gasteiger partial charge in [0.25, 0.3) is 5.91 Å². The first-order valence-electron chi connectivity index (χ1n) is 7.44. The number of thiophene rings is 1. The molecule has 0 aliphatic carbocycles. The van der Waals surface area contributed by atoms with Gasteiger partial charge in [-0.1, -0.05) is 41.4 Å². The number of nitrogens with two attached hydrogens (primary N) is 1. The van der Waals surface area contributed by atoms with Gasteiger partial charge in [-0.05, 0) is 24.6 Å². The van der Waals surface area contributed by atoms with Gasteiger partial charge in [-0.15, -0.1) is 11.3 Å². The first-order chi connectivity index (χ1) is 11.5. The van der Waals surface area contributed by atoms with Crippen molar-refractivity contribution in [2.24, 2.45) is 5.73 Å². The third kappa shape index (κ3) is 3.67. The van der Waals surface area contributed by atoms with Crippen molar-refractivity contribution in [1.82, 2.24) is 15.5 Å². The highest BCUT2D eigenvalue weighted by Crippen LogP contribution is 2.31. The monoisotopic (exact) mass is 360 g/mol. The number of halogens is 1. The maximum Gasteiger partial charge on any atom is 0.255 e. The molecule has 1 aromatic carbocycles. The average Bonchev–Trinajstić information content (AvgIpc) is 3.21. The van der Waals surface area contributed by atoms with Crippen LogP contribution in [0.25, 0.3) is 10.6 Å². The molecule has 3 aromatic rings. The summed E-state index contributed by atoms with van der Waals surface area (Å²) in [5.41, 5.74) is 9.44. The summed E-state index contributed by atoms with van der Waals surface area (Å²) in [5.74, 6) is -0.217. The zero-order valence-electron chi connectivity index (χ0n) is 13.0. The Morgan fingerprint density at radius 1 is 1.33 bits per heavy atom. The number of aromatic nitrogens is 2. The molecule has 3 rings (SSSR count). The standard InChI is InChI=1S/C17H17ClN4OS/c1-10-2-4-11(5-3-10)13(19)9-20-17(23)12-8-21-22-16(12)14-6-7-15(18)24-14/h2-8,13H,9,19H2,1H3,(H,20,23)(H,21,22). The molecule has 0 aliphatic heterocycles. The molecule has 24 heavy (non-hydrogen) atoms. The Hall–Kier alpha value is -2.15. The minimum absolute atomic E-state index is 0.217. The van der Waals surface area contributed by atoms with Crippen LogP contribution in [0.5, 0.6) is 0 Å². The molecule has 0 aliphatic rings. The lowest BCUT2D eigenvalue weighted by Crippen LogP contribution is -2.32. The Balaban J connectivity index is 1.68. The summed E-state index contributed by atoms with van der Waals surface area (Å²) in [6.45, 7) is 2.37. The van der Waals surface area contributed by atoms with Crippen LogP contribution in [0, 0.1) is 6.92 Å². The molecule has 1 unspecified atom stereocenters. The van der Waals surface area contributed by atoms with Crippen molar-refractivity contribution >= 4 is 28.8 Å². The molecule has 0 saturated heterocycles. The van der Waals surface area contributed by atoms with Gasteiger partial charge >= 0.3 is 0 Å². The molecule has 0 fully saturated rings. The largest absolute Gasteiger partial charge is 0.350 e. The SMILES string of the molecule is Cc1ccc(C(N)CNC(=O)c2cn[nH]c2-c2ccc(Cl)s2)cc1. The van der Waals surface area contributed by atoms with Crippen molar-refractivity contribution in [3.8, 4) is 10.6 Å². The van der Waals surface area contributed by atoms with Crippen molar-refractivity contribution in [3.05, 3.63) is 63.6 Å². The summed E-state index contributed by atoms with van der Waals surface area (Å²) in [6.07, 6.45) is 1.51. The first-order valence-corrected chi connectivity index (χ1v) is 8.63. The van der Waals surface area contributed by atoms with Crippen LogP contribution >= 0.6 is 22.9 Å². The Bertz CT molecular complexity index is 840. The Kier molecular flexibility index (Phi) is 4.99. The molecule has 124 valence electrons. The number of amides is 1. The van der Waals surface area contributed by atoms with Gasteiger partial charge in [0.05, 0.1) is 26.7 Å². The summed E-state index contributed by atoms with van der Waals surface area (Å²) in [4.78, 5) is 13.3. The maximum absolute atomic E-state index is 12.4. The van der Waals surface area contributed by atoms with Crippen molar-refractivity contribution < 1.29 is 4.79 Å². The predicted molar refractivity (Wildman–Crippen MR) is 97.4 cm³/mol. The molecule has 0 saturated carbocycles. The zero-order chi connectivity index (χ0) is 17.1. The number of rotatable bonds is 5. The van der Waals surface area contributed by atoms with E-state index in [1.54, 1.807) is 6.07 Å². The molecule has 1 amide bonds. The first kappa shape index (κ1) is 16.7. The topological polar surface area (TPSA) is 83.8 Å². The summed E-state index contributed by atoms with van der Waals surface area (Å²) >= 11 is 7.35. The minimum Gasteiger partial charge on any atom is -0.350 e. The van der Waals surface area contributed by atoms with Gasteiger partial charge in [-0.3, -0.25) is 9.89 Å². The van der Waals surface area contributed by atoms with Crippen LogP contribution in [0.1, 0.15) is 27.5 Å². The highest BCUT2D eigenvalue weighted by molar-refractivity contribution is 7.19. The number of aromatic amines is 1. The predicted octanol–water partition coefficient (Wildman–Crippen LogP) is 3.53. The zero-order valence-corrected chi connectivity index (χ0v) is 14.6. The van der Waals surface area contributed by atoms with E-state index in [2.05, 4.69) is 15.5 Å². The normalized spacial score (nSPS) is 12.1. The molecule has 7 heteroatoms. The second-order valence-corrected chi connectivity index (χ2v) is 7.20. The van der Waals surface area contributed by atoms with Crippen LogP contribution in [0.4, 0.5) is 0 Å². The lowest BCUT2D eigenvalue weighted by atomic mass is 10.1. The highest BCUT2D eigenvalue weighted by atomic mass is 35.5. The molecule has 0 radical (unpaired) electrons. The number of nitrogens with zero attached hydrogens (tertiary/aromatic N) is 1.